The third kappa shape index (κ3) is 5.39. The highest BCUT2D eigenvalue weighted by atomic mass is 19.1. The molecule has 1 saturated heterocycles. The average molecular weight is 426 g/mol. The molecule has 1 amide bonds. The fraction of sp³-hybridized carbons (Fsp3) is 0.542. The molecular formula is C24H32FN5O. The van der Waals surface area contributed by atoms with Gasteiger partial charge in [-0.15, -0.1) is 0 Å². The minimum Gasteiger partial charge on any atom is -0.356 e. The first-order valence-corrected chi connectivity index (χ1v) is 11.5. The number of halogens is 1. The molecule has 0 bridgehead atoms. The first kappa shape index (κ1) is 21.7. The summed E-state index contributed by atoms with van der Waals surface area (Å²) >= 11 is 0. The quantitative estimate of drug-likeness (QED) is 0.391. The highest BCUT2D eigenvalue weighted by Crippen LogP contribution is 2.28. The van der Waals surface area contributed by atoms with Gasteiger partial charge in [0.2, 0.25) is 5.91 Å². The van der Waals surface area contributed by atoms with Crippen LogP contribution in [0, 0.1) is 11.2 Å². The van der Waals surface area contributed by atoms with Gasteiger partial charge in [-0.2, -0.15) is 0 Å². The number of nitrogens with one attached hydrogen (secondary N) is 3. The summed E-state index contributed by atoms with van der Waals surface area (Å²) in [7, 11) is 0. The molecule has 1 aromatic carbocycles. The number of hydrogen-bond donors (Lipinski definition) is 3. The molecule has 3 N–H and O–H groups in total. The maximum Gasteiger partial charge on any atom is 0.222 e. The smallest absolute Gasteiger partial charge is 0.222 e. The van der Waals surface area contributed by atoms with Gasteiger partial charge in [-0.25, -0.2) is 9.37 Å². The molecule has 4 rings (SSSR count). The molecule has 7 heteroatoms. The summed E-state index contributed by atoms with van der Waals surface area (Å²) in [6, 6.07) is 7.39. The largest absolute Gasteiger partial charge is 0.356 e. The van der Waals surface area contributed by atoms with E-state index in [-0.39, 0.29) is 17.6 Å². The SMILES string of the molecule is CC(=O)NC(=N)c1cc2cc(F)ccc2nc1N1CCC(NC2CCCCCC2)CC1. The molecule has 2 aromatic rings. The second-order valence-electron chi connectivity index (χ2n) is 8.87. The van der Waals surface area contributed by atoms with Crippen LogP contribution in [-0.2, 0) is 4.79 Å². The first-order chi connectivity index (χ1) is 15.0. The van der Waals surface area contributed by atoms with Gasteiger partial charge in [0.25, 0.3) is 0 Å². The van der Waals surface area contributed by atoms with Crippen LogP contribution >= 0.6 is 0 Å². The van der Waals surface area contributed by atoms with Gasteiger partial charge in [-0.1, -0.05) is 25.7 Å². The molecular weight excluding hydrogens is 393 g/mol. The molecule has 0 unspecified atom stereocenters. The number of benzene rings is 1. The molecule has 6 nitrogen and oxygen atoms in total. The van der Waals surface area contributed by atoms with Crippen molar-refractivity contribution in [1.82, 2.24) is 15.6 Å². The van der Waals surface area contributed by atoms with Crippen LogP contribution in [0.15, 0.2) is 24.3 Å². The minimum atomic E-state index is -0.343. The number of anilines is 1. The Bertz CT molecular complexity index is 946. The lowest BCUT2D eigenvalue weighted by molar-refractivity contribution is -0.117. The zero-order chi connectivity index (χ0) is 21.8. The summed E-state index contributed by atoms with van der Waals surface area (Å²) in [4.78, 5) is 18.5. The molecule has 1 saturated carbocycles. The van der Waals surface area contributed by atoms with Gasteiger partial charge in [0.15, 0.2) is 0 Å². The number of carbonyl (C=O) groups excluding carboxylic acids is 1. The first-order valence-electron chi connectivity index (χ1n) is 11.5. The van der Waals surface area contributed by atoms with E-state index in [1.54, 1.807) is 12.1 Å². The molecule has 31 heavy (non-hydrogen) atoms. The number of hydrogen-bond acceptors (Lipinski definition) is 5. The van der Waals surface area contributed by atoms with Gasteiger partial charge < -0.3 is 15.5 Å². The predicted molar refractivity (Wildman–Crippen MR) is 122 cm³/mol. The van der Waals surface area contributed by atoms with Gasteiger partial charge in [0.05, 0.1) is 11.1 Å². The number of fused-ring (bicyclic) bond motifs is 1. The van der Waals surface area contributed by atoms with Crippen molar-refractivity contribution >= 4 is 28.5 Å². The highest BCUT2D eigenvalue weighted by Gasteiger charge is 2.26. The summed E-state index contributed by atoms with van der Waals surface area (Å²) in [6.45, 7) is 3.06. The normalized spacial score (nSPS) is 18.7. The fourth-order valence-electron chi connectivity index (χ4n) is 4.84. The van der Waals surface area contributed by atoms with Gasteiger partial charge in [-0.3, -0.25) is 10.2 Å². The number of nitrogens with zero attached hydrogens (tertiary/aromatic N) is 2. The van der Waals surface area contributed by atoms with E-state index in [4.69, 9.17) is 10.4 Å². The van der Waals surface area contributed by atoms with Crippen molar-refractivity contribution in [1.29, 1.82) is 5.41 Å². The molecule has 166 valence electrons. The van der Waals surface area contributed by atoms with Crippen molar-refractivity contribution < 1.29 is 9.18 Å². The number of piperidine rings is 1. The van der Waals surface area contributed by atoms with Crippen molar-refractivity contribution in [2.45, 2.75) is 70.4 Å². The summed E-state index contributed by atoms with van der Waals surface area (Å²) in [6.07, 6.45) is 9.97. The van der Waals surface area contributed by atoms with Crippen molar-refractivity contribution in [3.63, 3.8) is 0 Å². The van der Waals surface area contributed by atoms with Crippen molar-refractivity contribution in [3.8, 4) is 0 Å². The number of carbonyl (C=O) groups is 1. The van der Waals surface area contributed by atoms with Crippen molar-refractivity contribution in [3.05, 3.63) is 35.6 Å². The molecule has 2 fully saturated rings. The number of aromatic nitrogens is 1. The highest BCUT2D eigenvalue weighted by molar-refractivity contribution is 6.10. The van der Waals surface area contributed by atoms with Gasteiger partial charge >= 0.3 is 0 Å². The van der Waals surface area contributed by atoms with Crippen LogP contribution < -0.4 is 15.5 Å². The van der Waals surface area contributed by atoms with Crippen LogP contribution in [0.5, 0.6) is 0 Å². The van der Waals surface area contributed by atoms with E-state index in [1.807, 2.05) is 0 Å². The average Bonchev–Trinajstić information content (AvgIpc) is 3.01. The van der Waals surface area contributed by atoms with E-state index >= 15 is 0 Å². The van der Waals surface area contributed by atoms with Crippen LogP contribution in [0.3, 0.4) is 0 Å². The van der Waals surface area contributed by atoms with Crippen LogP contribution in [0.2, 0.25) is 0 Å². The Labute approximate surface area is 183 Å². The molecule has 2 aliphatic rings. The Morgan fingerprint density at radius 1 is 1.06 bits per heavy atom. The van der Waals surface area contributed by atoms with Gasteiger partial charge in [0.1, 0.15) is 17.5 Å². The Morgan fingerprint density at radius 2 is 1.74 bits per heavy atom. The molecule has 0 atom stereocenters. The van der Waals surface area contributed by atoms with Crippen LogP contribution in [0.25, 0.3) is 10.9 Å². The van der Waals surface area contributed by atoms with Crippen molar-refractivity contribution in [2.75, 3.05) is 18.0 Å². The maximum atomic E-state index is 13.7. The van der Waals surface area contributed by atoms with E-state index in [1.165, 1.54) is 57.6 Å². The summed E-state index contributed by atoms with van der Waals surface area (Å²) in [5.74, 6) is 0.0386. The van der Waals surface area contributed by atoms with Gasteiger partial charge in [0, 0.05) is 37.5 Å². The molecule has 1 aliphatic heterocycles. The number of rotatable bonds is 4. The van der Waals surface area contributed by atoms with E-state index in [2.05, 4.69) is 15.5 Å². The topological polar surface area (TPSA) is 81.1 Å². The summed E-state index contributed by atoms with van der Waals surface area (Å²) in [5.41, 5.74) is 1.22. The Kier molecular flexibility index (Phi) is 6.80. The maximum absolute atomic E-state index is 13.7. The second kappa shape index (κ2) is 9.73. The summed E-state index contributed by atoms with van der Waals surface area (Å²) < 4.78 is 13.7. The lowest BCUT2D eigenvalue weighted by atomic mass is 10.0. The zero-order valence-corrected chi connectivity index (χ0v) is 18.2. The molecule has 2 heterocycles. The van der Waals surface area contributed by atoms with E-state index in [9.17, 15) is 9.18 Å². The number of pyridine rings is 1. The summed E-state index contributed by atoms with van der Waals surface area (Å²) in [5, 5.41) is 15.4. The second-order valence-corrected chi connectivity index (χ2v) is 8.87. The fourth-order valence-corrected chi connectivity index (χ4v) is 4.84. The number of amides is 1. The Balaban J connectivity index is 1.52. The Morgan fingerprint density at radius 3 is 2.42 bits per heavy atom. The molecule has 1 aromatic heterocycles. The van der Waals surface area contributed by atoms with Crippen LogP contribution in [0.4, 0.5) is 10.2 Å². The Hall–Kier alpha value is -2.54. The zero-order valence-electron chi connectivity index (χ0n) is 18.2. The van der Waals surface area contributed by atoms with Crippen LogP contribution in [0.1, 0.15) is 63.9 Å². The van der Waals surface area contributed by atoms with Crippen molar-refractivity contribution in [2.24, 2.45) is 0 Å². The lowest BCUT2D eigenvalue weighted by Crippen LogP contribution is -2.46. The third-order valence-corrected chi connectivity index (χ3v) is 6.45. The molecule has 0 spiro atoms. The predicted octanol–water partition coefficient (Wildman–Crippen LogP) is 4.12. The van der Waals surface area contributed by atoms with E-state index in [0.29, 0.717) is 34.4 Å². The van der Waals surface area contributed by atoms with E-state index in [0.717, 1.165) is 25.9 Å². The van der Waals surface area contributed by atoms with E-state index < -0.39 is 0 Å². The lowest BCUT2D eigenvalue weighted by Gasteiger charge is -2.36. The van der Waals surface area contributed by atoms with Gasteiger partial charge in [-0.05, 0) is 49.9 Å². The third-order valence-electron chi connectivity index (χ3n) is 6.45. The standard InChI is InChI=1S/C24H32FN5O/c1-16(31)27-23(26)21-15-17-14-18(25)8-9-22(17)29-24(21)30-12-10-20(11-13-30)28-19-6-4-2-3-5-7-19/h8-9,14-15,19-20,28H,2-7,10-13H2,1H3,(H2,26,27,31). The van der Waals surface area contributed by atoms with Crippen LogP contribution in [-0.4, -0.2) is 41.9 Å². The monoisotopic (exact) mass is 425 g/mol. The molecule has 0 radical (unpaired) electrons. The minimum absolute atomic E-state index is 0.000125. The number of amidine groups is 1. The molecule has 1 aliphatic carbocycles.